The number of hydrogen-bond donors (Lipinski definition) is 3. The van der Waals surface area contributed by atoms with E-state index in [0.29, 0.717) is 10.9 Å². The molecule has 0 aliphatic rings. The largest absolute Gasteiger partial charge is 0.386 e. The maximum Gasteiger partial charge on any atom is 0.315 e. The molecule has 0 fully saturated rings. The smallest absolute Gasteiger partial charge is 0.315 e. The summed E-state index contributed by atoms with van der Waals surface area (Å²) in [5.41, 5.74) is 1.96. The van der Waals surface area contributed by atoms with Crippen LogP contribution < -0.4 is 10.6 Å². The minimum Gasteiger partial charge on any atom is -0.386 e. The number of aromatic nitrogens is 2. The highest BCUT2D eigenvalue weighted by molar-refractivity contribution is 7.16. The number of nitrogens with one attached hydrogen (secondary N) is 2. The van der Waals surface area contributed by atoms with Gasteiger partial charge in [0.15, 0.2) is 0 Å². The van der Waals surface area contributed by atoms with Gasteiger partial charge in [0.25, 0.3) is 0 Å². The molecule has 0 radical (unpaired) electrons. The van der Waals surface area contributed by atoms with Crippen LogP contribution in [0.1, 0.15) is 22.2 Å². The molecule has 0 aromatic carbocycles. The lowest BCUT2D eigenvalue weighted by atomic mass is 10.2. The summed E-state index contributed by atoms with van der Waals surface area (Å²) in [5.74, 6) is 0. The molecule has 2 amide bonds. The van der Waals surface area contributed by atoms with Crippen LogP contribution in [0.5, 0.6) is 0 Å². The van der Waals surface area contributed by atoms with E-state index in [9.17, 15) is 9.90 Å². The predicted octanol–water partition coefficient (Wildman–Crippen LogP) is 1.98. The Morgan fingerprint density at radius 2 is 2.29 bits per heavy atom. The zero-order chi connectivity index (χ0) is 15.4. The number of thiophene rings is 1. The normalized spacial score (nSPS) is 12.2. The van der Waals surface area contributed by atoms with Crippen molar-refractivity contribution in [3.8, 4) is 0 Å². The number of aliphatic hydroxyl groups excluding tert-OH is 1. The summed E-state index contributed by atoms with van der Waals surface area (Å²) in [5, 5.41) is 19.4. The fraction of sp³-hybridized carbons (Fsp3) is 0.385. The highest BCUT2D eigenvalue weighted by Crippen LogP contribution is 2.26. The minimum atomic E-state index is -0.756. The van der Waals surface area contributed by atoms with E-state index in [-0.39, 0.29) is 12.6 Å². The van der Waals surface area contributed by atoms with Gasteiger partial charge in [-0.2, -0.15) is 5.10 Å². The Bertz CT molecular complexity index is 625. The first kappa shape index (κ1) is 15.8. The molecule has 0 saturated carbocycles. The van der Waals surface area contributed by atoms with Crippen molar-refractivity contribution in [2.75, 3.05) is 6.54 Å². The van der Waals surface area contributed by atoms with Gasteiger partial charge in [0.1, 0.15) is 6.10 Å². The lowest BCUT2D eigenvalue weighted by molar-refractivity contribution is 0.176. The second-order valence-electron chi connectivity index (χ2n) is 4.60. The number of urea groups is 1. The zero-order valence-corrected chi connectivity index (χ0v) is 13.3. The van der Waals surface area contributed by atoms with Crippen LogP contribution in [0.15, 0.2) is 18.3 Å². The molecule has 6 nitrogen and oxygen atoms in total. The summed E-state index contributed by atoms with van der Waals surface area (Å²) in [7, 11) is 1.85. The number of halogens is 1. The first-order valence-corrected chi connectivity index (χ1v) is 7.59. The van der Waals surface area contributed by atoms with Crippen molar-refractivity contribution >= 4 is 29.0 Å². The molecule has 2 aromatic rings. The first-order chi connectivity index (χ1) is 9.97. The number of nitrogens with zero attached hydrogens (tertiary/aromatic N) is 2. The van der Waals surface area contributed by atoms with E-state index >= 15 is 0 Å². The SMILES string of the molecule is Cc1c(CNC(=O)NCC(O)c2ccc(Cl)s2)cnn1C. The lowest BCUT2D eigenvalue weighted by Gasteiger charge is -2.11. The standard InChI is InChI=1S/C13H17ClN4O2S/c1-8-9(6-17-18(8)2)5-15-13(20)16-7-10(19)11-3-4-12(14)21-11/h3-4,6,10,19H,5,7H2,1-2H3,(H2,15,16,20). The summed E-state index contributed by atoms with van der Waals surface area (Å²) in [6, 6.07) is 3.13. The zero-order valence-electron chi connectivity index (χ0n) is 11.8. The molecule has 1 unspecified atom stereocenters. The first-order valence-electron chi connectivity index (χ1n) is 6.40. The van der Waals surface area contributed by atoms with Crippen LogP contribution in [0, 0.1) is 6.92 Å². The van der Waals surface area contributed by atoms with Gasteiger partial charge in [-0.25, -0.2) is 4.79 Å². The van der Waals surface area contributed by atoms with Gasteiger partial charge in [-0.15, -0.1) is 11.3 Å². The summed E-state index contributed by atoms with van der Waals surface area (Å²) in [6.07, 6.45) is 0.964. The molecule has 0 aliphatic heterocycles. The summed E-state index contributed by atoms with van der Waals surface area (Å²) in [6.45, 7) is 2.47. The molecule has 0 spiro atoms. The molecule has 21 heavy (non-hydrogen) atoms. The Morgan fingerprint density at radius 3 is 2.86 bits per heavy atom. The van der Waals surface area contributed by atoms with Gasteiger partial charge in [0.2, 0.25) is 0 Å². The third kappa shape index (κ3) is 4.20. The van der Waals surface area contributed by atoms with Crippen molar-refractivity contribution in [2.24, 2.45) is 7.05 Å². The van der Waals surface area contributed by atoms with Crippen LogP contribution in [0.3, 0.4) is 0 Å². The van der Waals surface area contributed by atoms with Crippen LogP contribution in [0.25, 0.3) is 0 Å². The van der Waals surface area contributed by atoms with Gasteiger partial charge in [0.05, 0.1) is 17.1 Å². The van der Waals surface area contributed by atoms with Crippen LogP contribution in [0.2, 0.25) is 4.34 Å². The van der Waals surface area contributed by atoms with Crippen LogP contribution in [0.4, 0.5) is 4.79 Å². The number of aliphatic hydroxyl groups is 1. The predicted molar refractivity (Wildman–Crippen MR) is 82.5 cm³/mol. The number of carbonyl (C=O) groups is 1. The second-order valence-corrected chi connectivity index (χ2v) is 6.35. The van der Waals surface area contributed by atoms with Gasteiger partial charge < -0.3 is 15.7 Å². The molecule has 2 aromatic heterocycles. The van der Waals surface area contributed by atoms with Crippen molar-refractivity contribution < 1.29 is 9.90 Å². The van der Waals surface area contributed by atoms with Crippen molar-refractivity contribution in [1.82, 2.24) is 20.4 Å². The van der Waals surface area contributed by atoms with E-state index in [1.807, 2.05) is 14.0 Å². The highest BCUT2D eigenvalue weighted by Gasteiger charge is 2.12. The van der Waals surface area contributed by atoms with Gasteiger partial charge >= 0.3 is 6.03 Å². The van der Waals surface area contributed by atoms with E-state index in [4.69, 9.17) is 11.6 Å². The van der Waals surface area contributed by atoms with Crippen LogP contribution in [-0.2, 0) is 13.6 Å². The maximum atomic E-state index is 11.7. The molecular weight excluding hydrogens is 312 g/mol. The number of amides is 2. The van der Waals surface area contributed by atoms with Gasteiger partial charge in [-0.05, 0) is 19.1 Å². The van der Waals surface area contributed by atoms with E-state index in [1.165, 1.54) is 11.3 Å². The Balaban J connectivity index is 1.76. The monoisotopic (exact) mass is 328 g/mol. The number of rotatable bonds is 5. The molecule has 114 valence electrons. The topological polar surface area (TPSA) is 79.2 Å². The van der Waals surface area contributed by atoms with Crippen molar-refractivity contribution in [2.45, 2.75) is 19.6 Å². The van der Waals surface area contributed by atoms with E-state index < -0.39 is 6.10 Å². The van der Waals surface area contributed by atoms with Gasteiger partial charge in [-0.1, -0.05) is 11.6 Å². The fourth-order valence-electron chi connectivity index (χ4n) is 1.75. The number of aryl methyl sites for hydroxylation is 1. The van der Waals surface area contributed by atoms with Crippen molar-refractivity contribution in [3.63, 3.8) is 0 Å². The average molecular weight is 329 g/mol. The molecule has 0 saturated heterocycles. The summed E-state index contributed by atoms with van der Waals surface area (Å²) in [4.78, 5) is 12.4. The van der Waals surface area contributed by atoms with E-state index in [2.05, 4.69) is 15.7 Å². The number of hydrogen-bond acceptors (Lipinski definition) is 4. The molecule has 0 bridgehead atoms. The molecular formula is C13H17ClN4O2S. The molecule has 1 atom stereocenters. The third-order valence-corrected chi connectivity index (χ3v) is 4.49. The van der Waals surface area contributed by atoms with Gasteiger partial charge in [-0.3, -0.25) is 4.68 Å². The van der Waals surface area contributed by atoms with Crippen LogP contribution >= 0.6 is 22.9 Å². The van der Waals surface area contributed by atoms with E-state index in [1.54, 1.807) is 23.0 Å². The quantitative estimate of drug-likeness (QED) is 0.785. The Labute approximate surface area is 131 Å². The summed E-state index contributed by atoms with van der Waals surface area (Å²) >= 11 is 7.10. The van der Waals surface area contributed by atoms with E-state index in [0.717, 1.165) is 16.1 Å². The molecule has 0 aliphatic carbocycles. The van der Waals surface area contributed by atoms with Crippen molar-refractivity contribution in [3.05, 3.63) is 38.8 Å². The summed E-state index contributed by atoms with van der Waals surface area (Å²) < 4.78 is 2.36. The van der Waals surface area contributed by atoms with Crippen molar-refractivity contribution in [1.29, 1.82) is 0 Å². The Hall–Kier alpha value is -1.57. The average Bonchev–Trinajstić information content (AvgIpc) is 3.02. The molecule has 2 heterocycles. The maximum absolute atomic E-state index is 11.7. The number of carbonyl (C=O) groups excluding carboxylic acids is 1. The molecule has 2 rings (SSSR count). The third-order valence-electron chi connectivity index (χ3n) is 3.15. The highest BCUT2D eigenvalue weighted by atomic mass is 35.5. The Kier molecular flexibility index (Phi) is 5.22. The second kappa shape index (κ2) is 6.93. The lowest BCUT2D eigenvalue weighted by Crippen LogP contribution is -2.37. The Morgan fingerprint density at radius 1 is 1.52 bits per heavy atom. The minimum absolute atomic E-state index is 0.134. The fourth-order valence-corrected chi connectivity index (χ4v) is 2.80. The van der Waals surface area contributed by atoms with Crippen LogP contribution in [-0.4, -0.2) is 27.5 Å². The molecule has 3 N–H and O–H groups in total. The van der Waals surface area contributed by atoms with Gasteiger partial charge in [0, 0.05) is 29.7 Å². The molecule has 8 heteroatoms.